The van der Waals surface area contributed by atoms with Crippen LogP contribution >= 0.6 is 0 Å². The first-order chi connectivity index (χ1) is 8.28. The van der Waals surface area contributed by atoms with E-state index >= 15 is 0 Å². The van der Waals surface area contributed by atoms with Crippen LogP contribution in [0, 0.1) is 16.7 Å². The Bertz CT molecular complexity index is 418. The van der Waals surface area contributed by atoms with Gasteiger partial charge in [-0.2, -0.15) is 5.26 Å². The van der Waals surface area contributed by atoms with Gasteiger partial charge in [0.1, 0.15) is 0 Å². The van der Waals surface area contributed by atoms with Gasteiger partial charge in [0.15, 0.2) is 0 Å². The summed E-state index contributed by atoms with van der Waals surface area (Å²) in [6.45, 7) is 1.82. The van der Waals surface area contributed by atoms with Crippen LogP contribution < -0.4 is 5.32 Å². The minimum absolute atomic E-state index is 0.0895. The van der Waals surface area contributed by atoms with Gasteiger partial charge < -0.3 is 10.4 Å². The van der Waals surface area contributed by atoms with Gasteiger partial charge in [0, 0.05) is 19.5 Å². The Hall–Kier alpha value is -1.37. The average molecular weight is 230 g/mol. The van der Waals surface area contributed by atoms with Gasteiger partial charge in [0.25, 0.3) is 0 Å². The minimum Gasteiger partial charge on any atom is -0.392 e. The molecule has 90 valence electrons. The molecule has 3 heteroatoms. The van der Waals surface area contributed by atoms with Gasteiger partial charge in [-0.25, -0.2) is 0 Å². The molecule has 0 aromatic heterocycles. The number of nitriles is 1. The van der Waals surface area contributed by atoms with Crippen molar-refractivity contribution in [1.29, 1.82) is 5.26 Å². The number of nitrogens with zero attached hydrogens (tertiary/aromatic N) is 1. The summed E-state index contributed by atoms with van der Waals surface area (Å²) in [7, 11) is 0. The molecule has 0 bridgehead atoms. The van der Waals surface area contributed by atoms with E-state index in [1.54, 1.807) is 0 Å². The molecule has 0 heterocycles. The molecule has 0 spiro atoms. The summed E-state index contributed by atoms with van der Waals surface area (Å²) < 4.78 is 0. The third-order valence-electron chi connectivity index (χ3n) is 3.41. The van der Waals surface area contributed by atoms with E-state index in [9.17, 15) is 0 Å². The van der Waals surface area contributed by atoms with Crippen LogP contribution in [-0.2, 0) is 13.2 Å². The molecule has 1 aromatic rings. The predicted molar refractivity (Wildman–Crippen MR) is 66.0 cm³/mol. The number of aliphatic hydroxyl groups is 1. The van der Waals surface area contributed by atoms with Crippen molar-refractivity contribution >= 4 is 0 Å². The fourth-order valence-electron chi connectivity index (χ4n) is 2.07. The second kappa shape index (κ2) is 5.31. The van der Waals surface area contributed by atoms with Gasteiger partial charge in [-0.1, -0.05) is 24.3 Å². The van der Waals surface area contributed by atoms with E-state index < -0.39 is 0 Å². The van der Waals surface area contributed by atoms with Crippen LogP contribution in [0.1, 0.15) is 30.4 Å². The van der Waals surface area contributed by atoms with Crippen molar-refractivity contribution in [2.75, 3.05) is 6.54 Å². The summed E-state index contributed by atoms with van der Waals surface area (Å²) in [5.41, 5.74) is 2.38. The maximum absolute atomic E-state index is 9.04. The van der Waals surface area contributed by atoms with Crippen LogP contribution in [0.5, 0.6) is 0 Å². The lowest BCUT2D eigenvalue weighted by Crippen LogP contribution is -2.23. The smallest absolute Gasteiger partial charge is 0.0681 e. The molecule has 0 saturated heterocycles. The minimum atomic E-state index is 0.0895. The third kappa shape index (κ3) is 3.29. The first-order valence-corrected chi connectivity index (χ1v) is 6.04. The Morgan fingerprint density at radius 3 is 2.76 bits per heavy atom. The van der Waals surface area contributed by atoms with Gasteiger partial charge in [-0.3, -0.25) is 0 Å². The van der Waals surface area contributed by atoms with E-state index in [2.05, 4.69) is 17.5 Å². The molecule has 1 fully saturated rings. The van der Waals surface area contributed by atoms with Crippen molar-refractivity contribution in [3.05, 3.63) is 35.4 Å². The van der Waals surface area contributed by atoms with E-state index in [1.165, 1.54) is 18.4 Å². The van der Waals surface area contributed by atoms with Crippen molar-refractivity contribution in [2.24, 2.45) is 5.41 Å². The highest BCUT2D eigenvalue weighted by atomic mass is 16.3. The lowest BCUT2D eigenvalue weighted by atomic mass is 10.0. The molecule has 1 saturated carbocycles. The van der Waals surface area contributed by atoms with Gasteiger partial charge >= 0.3 is 0 Å². The normalized spacial score (nSPS) is 16.5. The maximum Gasteiger partial charge on any atom is 0.0681 e. The highest BCUT2D eigenvalue weighted by molar-refractivity contribution is 5.22. The maximum atomic E-state index is 9.04. The first-order valence-electron chi connectivity index (χ1n) is 6.04. The SMILES string of the molecule is N#CCC1(CNCc2cccc(CO)c2)CC1. The lowest BCUT2D eigenvalue weighted by molar-refractivity contribution is 0.281. The van der Waals surface area contributed by atoms with Crippen LogP contribution in [-0.4, -0.2) is 11.7 Å². The zero-order valence-electron chi connectivity index (χ0n) is 9.95. The molecule has 0 aliphatic heterocycles. The fourth-order valence-corrected chi connectivity index (χ4v) is 2.07. The Labute approximate surface area is 102 Å². The van der Waals surface area contributed by atoms with Crippen molar-refractivity contribution < 1.29 is 5.11 Å². The highest BCUT2D eigenvalue weighted by Gasteiger charge is 2.41. The Morgan fingerprint density at radius 2 is 2.12 bits per heavy atom. The average Bonchev–Trinajstić information content (AvgIpc) is 3.10. The predicted octanol–water partition coefficient (Wildman–Crippen LogP) is 1.96. The van der Waals surface area contributed by atoms with Crippen LogP contribution in [0.15, 0.2) is 24.3 Å². The zero-order chi connectivity index (χ0) is 12.1. The number of hydrogen-bond acceptors (Lipinski definition) is 3. The molecule has 3 nitrogen and oxygen atoms in total. The number of aliphatic hydroxyl groups excluding tert-OH is 1. The quantitative estimate of drug-likeness (QED) is 0.785. The molecule has 1 aliphatic rings. The molecule has 0 amide bonds. The van der Waals surface area contributed by atoms with Crippen molar-refractivity contribution in [3.8, 4) is 6.07 Å². The topological polar surface area (TPSA) is 56.0 Å². The Kier molecular flexibility index (Phi) is 3.78. The monoisotopic (exact) mass is 230 g/mol. The lowest BCUT2D eigenvalue weighted by Gasteiger charge is -2.12. The Balaban J connectivity index is 1.80. The summed E-state index contributed by atoms with van der Waals surface area (Å²) >= 11 is 0. The fraction of sp³-hybridized carbons (Fsp3) is 0.500. The largest absolute Gasteiger partial charge is 0.392 e. The molecular weight excluding hydrogens is 212 g/mol. The number of benzene rings is 1. The number of rotatable bonds is 6. The summed E-state index contributed by atoms with van der Waals surface area (Å²) in [5, 5.41) is 21.2. The third-order valence-corrected chi connectivity index (χ3v) is 3.41. The van der Waals surface area contributed by atoms with Crippen LogP contribution in [0.2, 0.25) is 0 Å². The van der Waals surface area contributed by atoms with E-state index in [4.69, 9.17) is 10.4 Å². The molecular formula is C14H18N2O. The van der Waals surface area contributed by atoms with Gasteiger partial charge in [-0.15, -0.1) is 0 Å². The van der Waals surface area contributed by atoms with Gasteiger partial charge in [0.05, 0.1) is 12.7 Å². The van der Waals surface area contributed by atoms with Crippen LogP contribution in [0.25, 0.3) is 0 Å². The summed E-state index contributed by atoms with van der Waals surface area (Å²) in [6, 6.07) is 10.2. The van der Waals surface area contributed by atoms with E-state index in [0.717, 1.165) is 18.7 Å². The van der Waals surface area contributed by atoms with Crippen LogP contribution in [0.3, 0.4) is 0 Å². The zero-order valence-corrected chi connectivity index (χ0v) is 9.95. The van der Waals surface area contributed by atoms with Gasteiger partial charge in [0.2, 0.25) is 0 Å². The molecule has 0 unspecified atom stereocenters. The van der Waals surface area contributed by atoms with Gasteiger partial charge in [-0.05, 0) is 29.4 Å². The van der Waals surface area contributed by atoms with Crippen molar-refractivity contribution in [3.63, 3.8) is 0 Å². The second-order valence-corrected chi connectivity index (χ2v) is 4.92. The highest BCUT2D eigenvalue weighted by Crippen LogP contribution is 2.47. The Morgan fingerprint density at radius 1 is 1.35 bits per heavy atom. The molecule has 2 N–H and O–H groups in total. The first kappa shape index (κ1) is 12.1. The molecule has 1 aromatic carbocycles. The van der Waals surface area contributed by atoms with Crippen molar-refractivity contribution in [1.82, 2.24) is 5.32 Å². The van der Waals surface area contributed by atoms with E-state index in [-0.39, 0.29) is 12.0 Å². The summed E-state index contributed by atoms with van der Waals surface area (Å²) in [5.74, 6) is 0. The standard InChI is InChI=1S/C14H18N2O/c15-7-6-14(4-5-14)11-16-9-12-2-1-3-13(8-12)10-17/h1-3,8,16-17H,4-6,9-11H2. The second-order valence-electron chi connectivity index (χ2n) is 4.92. The van der Waals surface area contributed by atoms with E-state index in [0.29, 0.717) is 6.42 Å². The number of nitrogens with one attached hydrogen (secondary N) is 1. The van der Waals surface area contributed by atoms with E-state index in [1.807, 2.05) is 18.2 Å². The molecule has 0 radical (unpaired) electrons. The molecule has 1 aliphatic carbocycles. The molecule has 0 atom stereocenters. The summed E-state index contributed by atoms with van der Waals surface area (Å²) in [4.78, 5) is 0. The molecule has 17 heavy (non-hydrogen) atoms. The van der Waals surface area contributed by atoms with Crippen molar-refractivity contribution in [2.45, 2.75) is 32.4 Å². The van der Waals surface area contributed by atoms with Crippen LogP contribution in [0.4, 0.5) is 0 Å². The molecule has 2 rings (SSSR count). The summed E-state index contributed by atoms with van der Waals surface area (Å²) in [6.07, 6.45) is 3.01. The number of hydrogen-bond donors (Lipinski definition) is 2.